The monoisotopic (exact) mass is 386 g/mol. The van der Waals surface area contributed by atoms with Gasteiger partial charge in [-0.05, 0) is 31.0 Å². The topological polar surface area (TPSA) is 24.9 Å². The maximum absolute atomic E-state index is 13.0. The zero-order valence-corrected chi connectivity index (χ0v) is 14.0. The van der Waals surface area contributed by atoms with Crippen LogP contribution in [0.15, 0.2) is 23.6 Å². The highest BCUT2D eigenvalue weighted by atomic mass is 35.5. The van der Waals surface area contributed by atoms with Gasteiger partial charge in [-0.2, -0.15) is 13.2 Å². The van der Waals surface area contributed by atoms with Crippen LogP contribution in [0.25, 0.3) is 0 Å². The molecule has 1 fully saturated rings. The van der Waals surface area contributed by atoms with E-state index in [-0.39, 0.29) is 41.8 Å². The second kappa shape index (κ2) is 6.45. The number of benzene rings is 1. The van der Waals surface area contributed by atoms with Crippen LogP contribution in [0.4, 0.5) is 23.2 Å². The average molecular weight is 387 g/mol. The molecule has 23 heavy (non-hydrogen) atoms. The molecule has 1 aromatic carbocycles. The Kier molecular flexibility index (Phi) is 5.13. The van der Waals surface area contributed by atoms with Gasteiger partial charge in [0, 0.05) is 11.1 Å². The Morgan fingerprint density at radius 2 is 2.00 bits per heavy atom. The fraction of sp³-hybridized carbons (Fsp3) is 0.357. The van der Waals surface area contributed by atoms with Crippen molar-refractivity contribution in [3.8, 4) is 0 Å². The highest BCUT2D eigenvalue weighted by molar-refractivity contribution is 7.09. The van der Waals surface area contributed by atoms with E-state index in [1.54, 1.807) is 5.38 Å². The number of rotatable bonds is 4. The predicted octanol–water partition coefficient (Wildman–Crippen LogP) is 5.56. The van der Waals surface area contributed by atoms with Crippen molar-refractivity contribution in [2.24, 2.45) is 0 Å². The molecule has 1 saturated carbocycles. The van der Waals surface area contributed by atoms with E-state index in [0.29, 0.717) is 11.4 Å². The van der Waals surface area contributed by atoms with Gasteiger partial charge in [-0.1, -0.05) is 11.6 Å². The first-order valence-corrected chi connectivity index (χ1v) is 7.78. The minimum Gasteiger partial charge on any atom is -0.379 e. The largest absolute Gasteiger partial charge is 0.400 e. The van der Waals surface area contributed by atoms with E-state index in [2.05, 4.69) is 10.3 Å². The van der Waals surface area contributed by atoms with Crippen LogP contribution in [-0.2, 0) is 12.0 Å². The van der Waals surface area contributed by atoms with E-state index in [1.165, 1.54) is 18.2 Å². The van der Waals surface area contributed by atoms with Crippen LogP contribution >= 0.6 is 35.3 Å². The van der Waals surface area contributed by atoms with Crippen molar-refractivity contribution >= 4 is 41.0 Å². The Balaban J connectivity index is 0.00000192. The van der Waals surface area contributed by atoms with Gasteiger partial charge in [0.2, 0.25) is 0 Å². The molecular weight excluding hydrogens is 375 g/mol. The van der Waals surface area contributed by atoms with E-state index in [1.807, 2.05) is 0 Å². The molecule has 1 aromatic heterocycles. The molecule has 0 aliphatic heterocycles. The fourth-order valence-electron chi connectivity index (χ4n) is 2.15. The zero-order valence-electron chi connectivity index (χ0n) is 11.6. The van der Waals surface area contributed by atoms with Crippen LogP contribution in [0, 0.1) is 5.82 Å². The van der Waals surface area contributed by atoms with Gasteiger partial charge in [0.15, 0.2) is 0 Å². The number of aromatic nitrogens is 1. The molecule has 0 unspecified atom stereocenters. The smallest absolute Gasteiger partial charge is 0.379 e. The SMILES string of the molecule is Cl.Fc1ccc(NCc2csc(C3(C(F)(F)F)CC3)n2)cc1Cl. The number of nitrogens with one attached hydrogen (secondary N) is 1. The number of hydrogen-bond acceptors (Lipinski definition) is 3. The van der Waals surface area contributed by atoms with Crippen LogP contribution in [0.5, 0.6) is 0 Å². The van der Waals surface area contributed by atoms with Gasteiger partial charge in [0.05, 0.1) is 17.3 Å². The van der Waals surface area contributed by atoms with Gasteiger partial charge in [-0.25, -0.2) is 9.37 Å². The van der Waals surface area contributed by atoms with Crippen LogP contribution in [0.1, 0.15) is 23.5 Å². The highest BCUT2D eigenvalue weighted by Gasteiger charge is 2.66. The Bertz CT molecular complexity index is 698. The third kappa shape index (κ3) is 3.56. The summed E-state index contributed by atoms with van der Waals surface area (Å²) in [5.74, 6) is -0.524. The van der Waals surface area contributed by atoms with Gasteiger partial charge < -0.3 is 5.32 Å². The first-order valence-electron chi connectivity index (χ1n) is 6.52. The fourth-order valence-corrected chi connectivity index (χ4v) is 3.43. The lowest BCUT2D eigenvalue weighted by atomic mass is 10.1. The normalized spacial score (nSPS) is 15.9. The van der Waals surface area contributed by atoms with Crippen LogP contribution in [0.2, 0.25) is 5.02 Å². The van der Waals surface area contributed by atoms with Gasteiger partial charge in [-0.15, -0.1) is 23.7 Å². The van der Waals surface area contributed by atoms with Crippen molar-refractivity contribution in [1.82, 2.24) is 4.98 Å². The third-order valence-electron chi connectivity index (χ3n) is 3.65. The first-order chi connectivity index (χ1) is 10.3. The molecule has 0 radical (unpaired) electrons. The molecule has 3 rings (SSSR count). The second-order valence-electron chi connectivity index (χ2n) is 5.21. The van der Waals surface area contributed by atoms with Gasteiger partial charge >= 0.3 is 6.18 Å². The molecule has 0 atom stereocenters. The van der Waals surface area contributed by atoms with Crippen molar-refractivity contribution in [3.63, 3.8) is 0 Å². The molecule has 2 aromatic rings. The molecule has 0 amide bonds. The first kappa shape index (κ1) is 18.3. The Morgan fingerprint density at radius 1 is 1.30 bits per heavy atom. The summed E-state index contributed by atoms with van der Waals surface area (Å²) in [5, 5.41) is 4.68. The van der Waals surface area contributed by atoms with Crippen molar-refractivity contribution in [2.45, 2.75) is 31.0 Å². The number of anilines is 1. The van der Waals surface area contributed by atoms with Gasteiger partial charge in [0.1, 0.15) is 16.2 Å². The quantitative estimate of drug-likeness (QED) is 0.695. The lowest BCUT2D eigenvalue weighted by Crippen LogP contribution is -2.28. The molecule has 0 bridgehead atoms. The Labute approximate surface area is 145 Å². The molecular formula is C14H12Cl2F4N2S. The summed E-state index contributed by atoms with van der Waals surface area (Å²) in [6.45, 7) is 0.256. The summed E-state index contributed by atoms with van der Waals surface area (Å²) >= 11 is 6.69. The molecule has 0 saturated heterocycles. The second-order valence-corrected chi connectivity index (χ2v) is 6.47. The summed E-state index contributed by atoms with van der Waals surface area (Å²) in [6.07, 6.45) is -4.05. The molecule has 1 N–H and O–H groups in total. The summed E-state index contributed by atoms with van der Waals surface area (Å²) in [6, 6.07) is 4.15. The maximum atomic E-state index is 13.0. The molecule has 126 valence electrons. The van der Waals surface area contributed by atoms with E-state index < -0.39 is 17.4 Å². The number of halogens is 6. The van der Waals surface area contributed by atoms with Gasteiger partial charge in [0.25, 0.3) is 0 Å². The number of alkyl halides is 3. The zero-order chi connectivity index (χ0) is 16.0. The van der Waals surface area contributed by atoms with Gasteiger partial charge in [-0.3, -0.25) is 0 Å². The lowest BCUT2D eigenvalue weighted by Gasteiger charge is -2.16. The van der Waals surface area contributed by atoms with Crippen LogP contribution < -0.4 is 5.32 Å². The molecule has 9 heteroatoms. The molecule has 1 aliphatic carbocycles. The summed E-state index contributed by atoms with van der Waals surface area (Å²) < 4.78 is 52.1. The average Bonchev–Trinajstić information content (AvgIpc) is 3.14. The number of nitrogens with zero attached hydrogens (tertiary/aromatic N) is 1. The van der Waals surface area contributed by atoms with Crippen LogP contribution in [-0.4, -0.2) is 11.2 Å². The number of thiazole rings is 1. The maximum Gasteiger partial charge on any atom is 0.400 e. The Morgan fingerprint density at radius 3 is 2.57 bits per heavy atom. The van der Waals surface area contributed by atoms with E-state index in [0.717, 1.165) is 11.3 Å². The highest BCUT2D eigenvalue weighted by Crippen LogP contribution is 2.59. The van der Waals surface area contributed by atoms with E-state index in [4.69, 9.17) is 11.6 Å². The van der Waals surface area contributed by atoms with Crippen molar-refractivity contribution in [2.75, 3.05) is 5.32 Å². The lowest BCUT2D eigenvalue weighted by molar-refractivity contribution is -0.160. The summed E-state index contributed by atoms with van der Waals surface area (Å²) in [7, 11) is 0. The summed E-state index contributed by atoms with van der Waals surface area (Å²) in [5.41, 5.74) is -0.636. The molecule has 2 nitrogen and oxygen atoms in total. The number of hydrogen-bond donors (Lipinski definition) is 1. The molecule has 1 aliphatic rings. The van der Waals surface area contributed by atoms with Crippen molar-refractivity contribution < 1.29 is 17.6 Å². The summed E-state index contributed by atoms with van der Waals surface area (Å²) in [4.78, 5) is 4.09. The Hall–Kier alpha value is -1.05. The third-order valence-corrected chi connectivity index (χ3v) is 5.03. The minimum atomic E-state index is -4.25. The van der Waals surface area contributed by atoms with Crippen molar-refractivity contribution in [1.29, 1.82) is 0 Å². The standard InChI is InChI=1S/C14H11ClF4N2S.ClH/c15-10-5-8(1-2-11(10)16)20-6-9-7-22-12(21-9)13(3-4-13)14(17,18)19;/h1-2,5,7,20H,3-4,6H2;1H. The van der Waals surface area contributed by atoms with E-state index >= 15 is 0 Å². The molecule has 0 spiro atoms. The van der Waals surface area contributed by atoms with E-state index in [9.17, 15) is 17.6 Å². The predicted molar refractivity (Wildman–Crippen MR) is 85.1 cm³/mol. The van der Waals surface area contributed by atoms with Crippen LogP contribution in [0.3, 0.4) is 0 Å². The minimum absolute atomic E-state index is 0. The molecule has 1 heterocycles. The van der Waals surface area contributed by atoms with Crippen molar-refractivity contribution in [3.05, 3.63) is 45.1 Å².